The normalized spacial score (nSPS) is 13.8. The standard InChI is InChI=1S/C27H25ClF3N5O4/c28-19-3-1-18(2-4-19)24(37)34-23-15-20(33-25(38)27(29,30)31)5-6-22(23)35-26(39)40-16-17-9-13-36(14-10-17)21-7-11-32-12-8-21/h1-8,11-12,15,17H,9-10,13-14,16H2,(H,33,38)(H,34,37)(H,35,39). The fraction of sp³-hybridized carbons (Fsp3) is 0.259. The summed E-state index contributed by atoms with van der Waals surface area (Å²) in [6.45, 7) is 1.76. The van der Waals surface area contributed by atoms with E-state index in [1.807, 2.05) is 12.1 Å². The molecule has 0 radical (unpaired) electrons. The van der Waals surface area contributed by atoms with Gasteiger partial charge in [-0.2, -0.15) is 13.2 Å². The predicted molar refractivity (Wildman–Crippen MR) is 145 cm³/mol. The van der Waals surface area contributed by atoms with Crippen molar-refractivity contribution in [2.24, 2.45) is 5.92 Å². The second-order valence-electron chi connectivity index (χ2n) is 9.03. The van der Waals surface area contributed by atoms with E-state index in [4.69, 9.17) is 16.3 Å². The van der Waals surface area contributed by atoms with Crippen LogP contribution in [-0.4, -0.2) is 48.8 Å². The molecule has 0 spiro atoms. The Morgan fingerprint density at radius 3 is 2.25 bits per heavy atom. The first-order chi connectivity index (χ1) is 19.1. The van der Waals surface area contributed by atoms with Crippen LogP contribution in [0.2, 0.25) is 5.02 Å². The maximum atomic E-state index is 12.7. The Balaban J connectivity index is 1.39. The van der Waals surface area contributed by atoms with E-state index in [0.717, 1.165) is 43.8 Å². The summed E-state index contributed by atoms with van der Waals surface area (Å²) < 4.78 is 43.6. The minimum absolute atomic E-state index is 0.0532. The number of alkyl halides is 3. The number of carbonyl (C=O) groups is 3. The van der Waals surface area contributed by atoms with Crippen LogP contribution in [0.1, 0.15) is 23.2 Å². The van der Waals surface area contributed by atoms with Crippen LogP contribution in [0.5, 0.6) is 0 Å². The third-order valence-corrected chi connectivity index (χ3v) is 6.47. The smallest absolute Gasteiger partial charge is 0.449 e. The molecule has 1 saturated heterocycles. The molecule has 3 amide bonds. The van der Waals surface area contributed by atoms with Crippen LogP contribution in [0.25, 0.3) is 0 Å². The van der Waals surface area contributed by atoms with Crippen LogP contribution in [0.4, 0.5) is 40.7 Å². The van der Waals surface area contributed by atoms with Crippen molar-refractivity contribution in [3.63, 3.8) is 0 Å². The molecule has 0 saturated carbocycles. The summed E-state index contributed by atoms with van der Waals surface area (Å²) in [7, 11) is 0. The van der Waals surface area contributed by atoms with E-state index in [0.29, 0.717) is 5.02 Å². The third-order valence-electron chi connectivity index (χ3n) is 6.22. The number of anilines is 4. The summed E-state index contributed by atoms with van der Waals surface area (Å²) in [5.41, 5.74) is 1.05. The Labute approximate surface area is 232 Å². The number of nitrogens with zero attached hydrogens (tertiary/aromatic N) is 2. The Kier molecular flexibility index (Phi) is 9.10. The molecular formula is C27H25ClF3N5O4. The zero-order valence-electron chi connectivity index (χ0n) is 21.0. The van der Waals surface area contributed by atoms with Crippen molar-refractivity contribution in [1.29, 1.82) is 0 Å². The number of aromatic nitrogens is 1. The molecule has 1 aromatic heterocycles. The number of ether oxygens (including phenoxy) is 1. The minimum atomic E-state index is -5.11. The number of hydrogen-bond donors (Lipinski definition) is 3. The number of rotatable bonds is 7. The Morgan fingerprint density at radius 2 is 1.60 bits per heavy atom. The van der Waals surface area contributed by atoms with Crippen LogP contribution in [-0.2, 0) is 9.53 Å². The summed E-state index contributed by atoms with van der Waals surface area (Å²) in [6, 6.07) is 13.3. The Hall–Kier alpha value is -4.32. The molecule has 4 rings (SSSR count). The fourth-order valence-electron chi connectivity index (χ4n) is 4.08. The van der Waals surface area contributed by atoms with Crippen LogP contribution >= 0.6 is 11.6 Å². The monoisotopic (exact) mass is 575 g/mol. The second kappa shape index (κ2) is 12.7. The third kappa shape index (κ3) is 7.85. The maximum absolute atomic E-state index is 12.7. The van der Waals surface area contributed by atoms with Crippen LogP contribution in [0, 0.1) is 5.92 Å². The number of amides is 3. The average Bonchev–Trinajstić information content (AvgIpc) is 2.94. The summed E-state index contributed by atoms with van der Waals surface area (Å²) >= 11 is 5.86. The van der Waals surface area contributed by atoms with E-state index in [2.05, 4.69) is 20.5 Å². The van der Waals surface area contributed by atoms with Gasteiger partial charge in [0.15, 0.2) is 0 Å². The lowest BCUT2D eigenvalue weighted by Crippen LogP contribution is -2.35. The lowest BCUT2D eigenvalue weighted by Gasteiger charge is -2.33. The van der Waals surface area contributed by atoms with Gasteiger partial charge in [-0.15, -0.1) is 0 Å². The molecule has 40 heavy (non-hydrogen) atoms. The summed E-state index contributed by atoms with van der Waals surface area (Å²) in [6.07, 6.45) is -0.819. The summed E-state index contributed by atoms with van der Waals surface area (Å²) in [5.74, 6) is -2.65. The molecule has 3 N–H and O–H groups in total. The number of piperidine rings is 1. The van der Waals surface area contributed by atoms with Gasteiger partial charge in [0.1, 0.15) is 0 Å². The van der Waals surface area contributed by atoms with E-state index in [9.17, 15) is 27.6 Å². The van der Waals surface area contributed by atoms with Gasteiger partial charge in [0.2, 0.25) is 0 Å². The van der Waals surface area contributed by atoms with Crippen molar-refractivity contribution in [2.45, 2.75) is 19.0 Å². The van der Waals surface area contributed by atoms with Crippen molar-refractivity contribution >= 4 is 52.3 Å². The highest BCUT2D eigenvalue weighted by Gasteiger charge is 2.38. The molecule has 2 aromatic carbocycles. The largest absolute Gasteiger partial charge is 0.471 e. The Bertz CT molecular complexity index is 1350. The van der Waals surface area contributed by atoms with Crippen molar-refractivity contribution in [3.8, 4) is 0 Å². The van der Waals surface area contributed by atoms with Gasteiger partial charge in [-0.1, -0.05) is 11.6 Å². The minimum Gasteiger partial charge on any atom is -0.449 e. The van der Waals surface area contributed by atoms with Crippen LogP contribution in [0.3, 0.4) is 0 Å². The van der Waals surface area contributed by atoms with E-state index in [-0.39, 0.29) is 35.2 Å². The molecule has 2 heterocycles. The first-order valence-electron chi connectivity index (χ1n) is 12.3. The SMILES string of the molecule is O=C(Nc1ccc(NC(=O)C(F)(F)F)cc1NC(=O)c1ccc(Cl)cc1)OCC1CCN(c2ccncc2)CC1. The molecule has 13 heteroatoms. The molecule has 1 aliphatic rings. The van der Waals surface area contributed by atoms with Gasteiger partial charge < -0.3 is 20.3 Å². The zero-order valence-corrected chi connectivity index (χ0v) is 21.8. The highest BCUT2D eigenvalue weighted by molar-refractivity contribution is 6.30. The molecule has 1 aliphatic heterocycles. The van der Waals surface area contributed by atoms with Crippen LogP contribution < -0.4 is 20.9 Å². The van der Waals surface area contributed by atoms with E-state index in [1.54, 1.807) is 17.7 Å². The predicted octanol–water partition coefficient (Wildman–Crippen LogP) is 5.95. The van der Waals surface area contributed by atoms with Crippen molar-refractivity contribution in [2.75, 3.05) is 40.5 Å². The zero-order chi connectivity index (χ0) is 28.7. The van der Waals surface area contributed by atoms with E-state index < -0.39 is 24.1 Å². The first-order valence-corrected chi connectivity index (χ1v) is 12.6. The number of halogens is 4. The topological polar surface area (TPSA) is 113 Å². The lowest BCUT2D eigenvalue weighted by atomic mass is 9.97. The van der Waals surface area contributed by atoms with Gasteiger partial charge in [-0.05, 0) is 73.4 Å². The quantitative estimate of drug-likeness (QED) is 0.321. The molecule has 0 unspecified atom stereocenters. The molecule has 210 valence electrons. The first kappa shape index (κ1) is 28.7. The second-order valence-corrected chi connectivity index (χ2v) is 9.47. The molecular weight excluding hydrogens is 551 g/mol. The van der Waals surface area contributed by atoms with E-state index in [1.165, 1.54) is 30.3 Å². The molecule has 3 aromatic rings. The van der Waals surface area contributed by atoms with Crippen molar-refractivity contribution in [1.82, 2.24) is 4.98 Å². The highest BCUT2D eigenvalue weighted by atomic mass is 35.5. The Morgan fingerprint density at radius 1 is 0.925 bits per heavy atom. The van der Waals surface area contributed by atoms with Crippen molar-refractivity contribution in [3.05, 3.63) is 77.6 Å². The number of benzene rings is 2. The molecule has 1 fully saturated rings. The average molecular weight is 576 g/mol. The van der Waals surface area contributed by atoms with Crippen molar-refractivity contribution < 1.29 is 32.3 Å². The molecule has 0 aliphatic carbocycles. The summed E-state index contributed by atoms with van der Waals surface area (Å²) in [5, 5.41) is 7.17. The van der Waals surface area contributed by atoms with Gasteiger partial charge in [0.05, 0.1) is 18.0 Å². The number of carbonyl (C=O) groups excluding carboxylic acids is 3. The molecule has 0 bridgehead atoms. The maximum Gasteiger partial charge on any atom is 0.471 e. The highest BCUT2D eigenvalue weighted by Crippen LogP contribution is 2.29. The van der Waals surface area contributed by atoms with Crippen LogP contribution in [0.15, 0.2) is 67.0 Å². The number of hydrogen-bond acceptors (Lipinski definition) is 6. The van der Waals surface area contributed by atoms with Gasteiger partial charge in [0, 0.05) is 47.4 Å². The van der Waals surface area contributed by atoms with Gasteiger partial charge >= 0.3 is 18.2 Å². The number of pyridine rings is 1. The van der Waals surface area contributed by atoms with Gasteiger partial charge in [-0.25, -0.2) is 4.79 Å². The lowest BCUT2D eigenvalue weighted by molar-refractivity contribution is -0.167. The molecule has 0 atom stereocenters. The number of nitrogens with one attached hydrogen (secondary N) is 3. The van der Waals surface area contributed by atoms with Gasteiger partial charge in [0.25, 0.3) is 5.91 Å². The molecule has 9 nitrogen and oxygen atoms in total. The van der Waals surface area contributed by atoms with Gasteiger partial charge in [-0.3, -0.25) is 19.9 Å². The van der Waals surface area contributed by atoms with E-state index >= 15 is 0 Å². The fourth-order valence-corrected chi connectivity index (χ4v) is 4.21. The summed E-state index contributed by atoms with van der Waals surface area (Å²) in [4.78, 5) is 43.0.